The highest BCUT2D eigenvalue weighted by molar-refractivity contribution is 7.92. The highest BCUT2D eigenvalue weighted by Gasteiger charge is 2.53. The van der Waals surface area contributed by atoms with Crippen LogP contribution in [0.2, 0.25) is 5.02 Å². The number of anilines is 1. The predicted octanol–water partition coefficient (Wildman–Crippen LogP) is 3.12. The number of nitrogens with zero attached hydrogens (tertiary/aromatic N) is 1. The van der Waals surface area contributed by atoms with Crippen LogP contribution in [0.3, 0.4) is 0 Å². The van der Waals surface area contributed by atoms with Gasteiger partial charge in [-0.15, -0.1) is 0 Å². The first-order valence-electron chi connectivity index (χ1n) is 13.5. The number of sulfonamides is 1. The molecule has 2 heterocycles. The first-order valence-corrected chi connectivity index (χ1v) is 15.7. The van der Waals surface area contributed by atoms with Gasteiger partial charge in [0, 0.05) is 50.7 Å². The van der Waals surface area contributed by atoms with E-state index in [0.29, 0.717) is 11.4 Å². The fraction of sp³-hybridized carbons (Fsp3) is 0.379. The molecule has 1 N–H and O–H groups in total. The molecule has 3 aromatic rings. The van der Waals surface area contributed by atoms with E-state index < -0.39 is 71.2 Å². The molecule has 0 unspecified atom stereocenters. The Bertz CT molecular complexity index is 1720. The normalized spacial score (nSPS) is 21.4. The standard InChI is InChI=1S/C29H31ClN2O12S/c1-15(33)39-14-25-26(40-16(2)34)27(41-17(3)35)28(42-18(4)36)29(44-25)43-24-9-7-21(13-22(24)30)32-11-10-19-12-20(6-8-23(19)32)31-45(5,37)38/h6-13,25-29,31H,14H2,1-5H3/t25-,26-,27+,28+,29+/m1/s1. The van der Waals surface area contributed by atoms with Crippen LogP contribution in [0.1, 0.15) is 27.7 Å². The van der Waals surface area contributed by atoms with Gasteiger partial charge in [-0.3, -0.25) is 23.9 Å². The second-order valence-electron chi connectivity index (χ2n) is 10.1. The Hall–Kier alpha value is -4.34. The summed E-state index contributed by atoms with van der Waals surface area (Å²) in [7, 11) is -3.45. The van der Waals surface area contributed by atoms with Crippen molar-refractivity contribution in [1.29, 1.82) is 0 Å². The molecule has 0 aliphatic carbocycles. The molecule has 0 radical (unpaired) electrons. The largest absolute Gasteiger partial charge is 0.463 e. The zero-order valence-corrected chi connectivity index (χ0v) is 26.4. The number of carbonyl (C=O) groups is 4. The number of hydrogen-bond donors (Lipinski definition) is 1. The lowest BCUT2D eigenvalue weighted by atomic mass is 9.98. The Kier molecular flexibility index (Phi) is 10.3. The van der Waals surface area contributed by atoms with Crippen LogP contribution in [0.4, 0.5) is 5.69 Å². The lowest BCUT2D eigenvalue weighted by Crippen LogP contribution is -2.63. The molecule has 0 bridgehead atoms. The number of aromatic nitrogens is 1. The average Bonchev–Trinajstić information content (AvgIpc) is 3.33. The Labute approximate surface area is 263 Å². The molecule has 1 saturated heterocycles. The molecule has 1 fully saturated rings. The summed E-state index contributed by atoms with van der Waals surface area (Å²) in [6.07, 6.45) is -3.96. The SMILES string of the molecule is CC(=O)OC[C@H]1O[C@H](Oc2ccc(-n3ccc4cc(NS(C)(=O)=O)ccc43)cc2Cl)[C@@H](OC(C)=O)[C@@H](OC(C)=O)[C@@H]1OC(C)=O. The molecule has 16 heteroatoms. The van der Waals surface area contributed by atoms with Crippen LogP contribution in [0.15, 0.2) is 48.7 Å². The van der Waals surface area contributed by atoms with E-state index in [9.17, 15) is 27.6 Å². The molecule has 0 amide bonds. The molecular formula is C29H31ClN2O12S. The third-order valence-electron chi connectivity index (χ3n) is 6.38. The summed E-state index contributed by atoms with van der Waals surface area (Å²) in [5, 5.41) is 0.884. The predicted molar refractivity (Wildman–Crippen MR) is 159 cm³/mol. The summed E-state index contributed by atoms with van der Waals surface area (Å²) in [4.78, 5) is 47.7. The van der Waals surface area contributed by atoms with E-state index in [1.165, 1.54) is 13.0 Å². The lowest BCUT2D eigenvalue weighted by molar-refractivity contribution is -0.288. The summed E-state index contributed by atoms with van der Waals surface area (Å²) in [6, 6.07) is 11.7. The zero-order chi connectivity index (χ0) is 33.1. The minimum Gasteiger partial charge on any atom is -0.463 e. The smallest absolute Gasteiger partial charge is 0.303 e. The fourth-order valence-electron chi connectivity index (χ4n) is 4.79. The van der Waals surface area contributed by atoms with Gasteiger partial charge in [0.05, 0.1) is 16.8 Å². The average molecular weight is 667 g/mol. The fourth-order valence-corrected chi connectivity index (χ4v) is 5.56. The number of halogens is 1. The van der Waals surface area contributed by atoms with Crippen molar-refractivity contribution in [2.45, 2.75) is 58.4 Å². The summed E-state index contributed by atoms with van der Waals surface area (Å²) in [5.41, 5.74) is 1.81. The molecule has 5 atom stereocenters. The van der Waals surface area contributed by atoms with Crippen molar-refractivity contribution in [2.24, 2.45) is 0 Å². The Balaban J connectivity index is 1.66. The van der Waals surface area contributed by atoms with Crippen LogP contribution in [-0.4, -0.2) is 80.4 Å². The molecule has 2 aromatic carbocycles. The van der Waals surface area contributed by atoms with Gasteiger partial charge in [-0.05, 0) is 42.5 Å². The second-order valence-corrected chi connectivity index (χ2v) is 12.3. The lowest BCUT2D eigenvalue weighted by Gasteiger charge is -2.44. The van der Waals surface area contributed by atoms with Crippen LogP contribution in [0.5, 0.6) is 5.75 Å². The molecule has 1 aromatic heterocycles. The highest BCUT2D eigenvalue weighted by atomic mass is 35.5. The number of esters is 4. The van der Waals surface area contributed by atoms with Gasteiger partial charge in [-0.2, -0.15) is 0 Å². The quantitative estimate of drug-likeness (QED) is 0.248. The molecule has 242 valence electrons. The molecule has 0 saturated carbocycles. The molecule has 14 nitrogen and oxygen atoms in total. The minimum absolute atomic E-state index is 0.0948. The van der Waals surface area contributed by atoms with E-state index in [4.69, 9.17) is 40.0 Å². The van der Waals surface area contributed by atoms with Gasteiger partial charge in [0.15, 0.2) is 12.2 Å². The van der Waals surface area contributed by atoms with Gasteiger partial charge in [0.2, 0.25) is 22.4 Å². The molecule has 4 rings (SSSR count). The van der Waals surface area contributed by atoms with Crippen molar-refractivity contribution in [3.8, 4) is 11.4 Å². The third kappa shape index (κ3) is 8.65. The minimum atomic E-state index is -3.45. The Morgan fingerprint density at radius 3 is 2.11 bits per heavy atom. The monoisotopic (exact) mass is 666 g/mol. The van der Waals surface area contributed by atoms with Crippen LogP contribution in [-0.2, 0) is 52.9 Å². The number of carbonyl (C=O) groups excluding carboxylic acids is 4. The van der Waals surface area contributed by atoms with Crippen molar-refractivity contribution in [3.63, 3.8) is 0 Å². The first-order chi connectivity index (χ1) is 21.1. The van der Waals surface area contributed by atoms with Crippen LogP contribution >= 0.6 is 11.6 Å². The summed E-state index contributed by atoms with van der Waals surface area (Å²) in [6.45, 7) is 4.12. The number of ether oxygens (including phenoxy) is 6. The van der Waals surface area contributed by atoms with E-state index in [0.717, 1.165) is 37.9 Å². The van der Waals surface area contributed by atoms with Gasteiger partial charge < -0.3 is 33.0 Å². The summed E-state index contributed by atoms with van der Waals surface area (Å²) >= 11 is 6.62. The molecule has 45 heavy (non-hydrogen) atoms. The van der Waals surface area contributed by atoms with Gasteiger partial charge in [-0.25, -0.2) is 8.42 Å². The molecule has 1 aliphatic heterocycles. The van der Waals surface area contributed by atoms with Crippen molar-refractivity contribution < 1.29 is 56.0 Å². The summed E-state index contributed by atoms with van der Waals surface area (Å²) < 4.78 is 60.8. The molecular weight excluding hydrogens is 636 g/mol. The van der Waals surface area contributed by atoms with E-state index in [1.54, 1.807) is 42.6 Å². The van der Waals surface area contributed by atoms with E-state index >= 15 is 0 Å². The first kappa shape index (κ1) is 33.6. The van der Waals surface area contributed by atoms with Gasteiger partial charge in [-0.1, -0.05) is 11.6 Å². The van der Waals surface area contributed by atoms with E-state index in [1.807, 2.05) is 4.57 Å². The maximum Gasteiger partial charge on any atom is 0.303 e. The van der Waals surface area contributed by atoms with Crippen LogP contribution in [0, 0.1) is 0 Å². The highest BCUT2D eigenvalue weighted by Crippen LogP contribution is 2.35. The van der Waals surface area contributed by atoms with Gasteiger partial charge in [0.25, 0.3) is 0 Å². The maximum absolute atomic E-state index is 12.1. The van der Waals surface area contributed by atoms with Gasteiger partial charge >= 0.3 is 23.9 Å². The number of rotatable bonds is 10. The summed E-state index contributed by atoms with van der Waals surface area (Å²) in [5.74, 6) is -2.86. The van der Waals surface area contributed by atoms with Crippen molar-refractivity contribution in [2.75, 3.05) is 17.6 Å². The number of nitrogens with one attached hydrogen (secondary N) is 1. The van der Waals surface area contributed by atoms with Crippen LogP contribution in [0.25, 0.3) is 16.6 Å². The maximum atomic E-state index is 12.1. The number of fused-ring (bicyclic) bond motifs is 1. The second kappa shape index (κ2) is 13.7. The number of hydrogen-bond acceptors (Lipinski definition) is 12. The van der Waals surface area contributed by atoms with Crippen LogP contribution < -0.4 is 9.46 Å². The Morgan fingerprint density at radius 2 is 1.51 bits per heavy atom. The number of benzene rings is 2. The molecule has 1 aliphatic rings. The Morgan fingerprint density at radius 1 is 0.867 bits per heavy atom. The van der Waals surface area contributed by atoms with Crippen molar-refractivity contribution in [1.82, 2.24) is 4.57 Å². The zero-order valence-electron chi connectivity index (χ0n) is 24.8. The molecule has 0 spiro atoms. The van der Waals surface area contributed by atoms with Crippen molar-refractivity contribution in [3.05, 3.63) is 53.7 Å². The van der Waals surface area contributed by atoms with Gasteiger partial charge in [0.1, 0.15) is 18.5 Å². The third-order valence-corrected chi connectivity index (χ3v) is 7.28. The van der Waals surface area contributed by atoms with Crippen molar-refractivity contribution >= 4 is 62.1 Å². The van der Waals surface area contributed by atoms with E-state index in [-0.39, 0.29) is 10.8 Å². The van der Waals surface area contributed by atoms with E-state index in [2.05, 4.69) is 4.72 Å². The topological polar surface area (TPSA) is 175 Å².